The molecule has 2 N–H and O–H groups in total. The lowest BCUT2D eigenvalue weighted by Crippen LogP contribution is -2.15. The number of carbonyl (C=O) groups excluding carboxylic acids is 1. The summed E-state index contributed by atoms with van der Waals surface area (Å²) in [4.78, 5) is 28.6. The fraction of sp³-hybridized carbons (Fsp3) is 0.160. The molecule has 1 unspecified atom stereocenters. The number of amides is 1. The lowest BCUT2D eigenvalue weighted by Gasteiger charge is -2.18. The molecular formula is C25H23N3O4. The van der Waals surface area contributed by atoms with E-state index in [-0.39, 0.29) is 18.7 Å². The molecule has 0 aliphatic heterocycles. The van der Waals surface area contributed by atoms with Crippen LogP contribution in [0.1, 0.15) is 23.6 Å². The first-order chi connectivity index (χ1) is 15.5. The quantitative estimate of drug-likeness (QED) is 0.436. The van der Waals surface area contributed by atoms with Crippen LogP contribution < -0.4 is 10.1 Å². The second kappa shape index (κ2) is 9.34. The van der Waals surface area contributed by atoms with Gasteiger partial charge >= 0.3 is 5.97 Å². The van der Waals surface area contributed by atoms with Crippen LogP contribution in [-0.2, 0) is 16.0 Å². The average Bonchev–Trinajstić information content (AvgIpc) is 3.21. The van der Waals surface area contributed by atoms with Crippen LogP contribution in [-0.4, -0.2) is 33.6 Å². The van der Waals surface area contributed by atoms with Gasteiger partial charge in [-0.3, -0.25) is 9.59 Å². The van der Waals surface area contributed by atoms with E-state index in [2.05, 4.69) is 10.3 Å². The lowest BCUT2D eigenvalue weighted by atomic mass is 10.0. The predicted octanol–water partition coefficient (Wildman–Crippen LogP) is 4.29. The van der Waals surface area contributed by atoms with Crippen LogP contribution in [0.25, 0.3) is 11.0 Å². The van der Waals surface area contributed by atoms with Crippen LogP contribution in [0.15, 0.2) is 79.1 Å². The molecule has 1 aromatic heterocycles. The Balaban J connectivity index is 1.60. The first-order valence-electron chi connectivity index (χ1n) is 10.2. The summed E-state index contributed by atoms with van der Waals surface area (Å²) in [6, 6.07) is 21.8. The highest BCUT2D eigenvalue weighted by Gasteiger charge is 2.20. The number of methoxy groups -OCH3 is 1. The van der Waals surface area contributed by atoms with Gasteiger partial charge in [-0.2, -0.15) is 0 Å². The van der Waals surface area contributed by atoms with Crippen molar-refractivity contribution in [2.24, 2.45) is 0 Å². The van der Waals surface area contributed by atoms with Crippen molar-refractivity contribution in [3.05, 3.63) is 90.3 Å². The molecule has 7 heteroatoms. The van der Waals surface area contributed by atoms with E-state index in [1.165, 1.54) is 0 Å². The summed E-state index contributed by atoms with van der Waals surface area (Å²) >= 11 is 0. The number of carboxylic acid groups (broad SMARTS) is 1. The Bertz CT molecular complexity index is 1250. The third-order valence-electron chi connectivity index (χ3n) is 5.25. The molecule has 32 heavy (non-hydrogen) atoms. The van der Waals surface area contributed by atoms with Gasteiger partial charge in [0.15, 0.2) is 0 Å². The van der Waals surface area contributed by atoms with Gasteiger partial charge in [0.25, 0.3) is 0 Å². The highest BCUT2D eigenvalue weighted by atomic mass is 16.5. The molecule has 0 aliphatic rings. The largest absolute Gasteiger partial charge is 0.497 e. The zero-order valence-corrected chi connectivity index (χ0v) is 17.6. The predicted molar refractivity (Wildman–Crippen MR) is 122 cm³/mol. The molecular weight excluding hydrogens is 406 g/mol. The molecule has 0 fully saturated rings. The number of hydrogen-bond donors (Lipinski definition) is 2. The Morgan fingerprint density at radius 2 is 1.88 bits per heavy atom. The highest BCUT2D eigenvalue weighted by molar-refractivity contribution is 5.94. The van der Waals surface area contributed by atoms with Crippen molar-refractivity contribution < 1.29 is 19.4 Å². The number of rotatable bonds is 8. The van der Waals surface area contributed by atoms with Crippen molar-refractivity contribution in [1.82, 2.24) is 9.55 Å². The van der Waals surface area contributed by atoms with Gasteiger partial charge in [-0.25, -0.2) is 4.98 Å². The van der Waals surface area contributed by atoms with Gasteiger partial charge < -0.3 is 19.7 Å². The minimum atomic E-state index is -0.900. The summed E-state index contributed by atoms with van der Waals surface area (Å²) in [7, 11) is 1.59. The number of hydrogen-bond acceptors (Lipinski definition) is 4. The summed E-state index contributed by atoms with van der Waals surface area (Å²) in [6.45, 7) is 0. The number of anilines is 1. The molecule has 7 nitrogen and oxygen atoms in total. The van der Waals surface area contributed by atoms with E-state index >= 15 is 0 Å². The third kappa shape index (κ3) is 4.78. The molecule has 0 aliphatic carbocycles. The van der Waals surface area contributed by atoms with E-state index in [9.17, 15) is 14.7 Å². The molecule has 0 saturated carbocycles. The Labute approximate surface area is 185 Å². The minimum absolute atomic E-state index is 0.0814. The normalized spacial score (nSPS) is 11.8. The smallest absolute Gasteiger partial charge is 0.305 e. The van der Waals surface area contributed by atoms with Crippen molar-refractivity contribution in [3.8, 4) is 5.75 Å². The van der Waals surface area contributed by atoms with Crippen molar-refractivity contribution in [3.63, 3.8) is 0 Å². The van der Waals surface area contributed by atoms with Crippen LogP contribution in [0.5, 0.6) is 5.75 Å². The van der Waals surface area contributed by atoms with E-state index in [1.54, 1.807) is 19.5 Å². The zero-order chi connectivity index (χ0) is 22.5. The standard InChI is InChI=1S/C25H23N3O4/c1-32-20-9-5-6-17(12-20)13-24(29)27-19-10-11-21-23(14-19)28(16-26-21)22(15-25(30)31)18-7-3-2-4-8-18/h2-12,14,16,22H,13,15H2,1H3,(H,27,29)(H,30,31). The number of aromatic nitrogens is 2. The number of benzene rings is 3. The molecule has 0 saturated heterocycles. The van der Waals surface area contributed by atoms with Crippen LogP contribution in [0.4, 0.5) is 5.69 Å². The molecule has 1 amide bonds. The maximum atomic E-state index is 12.6. The molecule has 1 heterocycles. The fourth-order valence-electron chi connectivity index (χ4n) is 3.74. The molecule has 4 aromatic rings. The van der Waals surface area contributed by atoms with Gasteiger partial charge in [-0.05, 0) is 41.5 Å². The summed E-state index contributed by atoms with van der Waals surface area (Å²) in [5, 5.41) is 12.4. The number of carboxylic acids is 1. The SMILES string of the molecule is COc1cccc(CC(=O)Nc2ccc3ncn(C(CC(=O)O)c4ccccc4)c3c2)c1. The van der Waals surface area contributed by atoms with Gasteiger partial charge in [-0.15, -0.1) is 0 Å². The fourth-order valence-corrected chi connectivity index (χ4v) is 3.74. The van der Waals surface area contributed by atoms with Crippen molar-refractivity contribution in [1.29, 1.82) is 0 Å². The molecule has 162 valence electrons. The van der Waals surface area contributed by atoms with Gasteiger partial charge in [0.1, 0.15) is 5.75 Å². The Morgan fingerprint density at radius 3 is 2.62 bits per heavy atom. The van der Waals surface area contributed by atoms with Crippen molar-refractivity contribution >= 4 is 28.6 Å². The number of nitrogens with one attached hydrogen (secondary N) is 1. The molecule has 0 spiro atoms. The second-order valence-corrected chi connectivity index (χ2v) is 7.46. The van der Waals surface area contributed by atoms with Crippen molar-refractivity contribution in [2.75, 3.05) is 12.4 Å². The number of ether oxygens (including phenoxy) is 1. The zero-order valence-electron chi connectivity index (χ0n) is 17.6. The lowest BCUT2D eigenvalue weighted by molar-refractivity contribution is -0.137. The Kier molecular flexibility index (Phi) is 6.17. The number of nitrogens with zero attached hydrogens (tertiary/aromatic N) is 2. The van der Waals surface area contributed by atoms with Crippen LogP contribution >= 0.6 is 0 Å². The summed E-state index contributed by atoms with van der Waals surface area (Å²) in [5.74, 6) is -0.358. The minimum Gasteiger partial charge on any atom is -0.497 e. The molecule has 1 atom stereocenters. The van der Waals surface area contributed by atoms with E-state index in [0.29, 0.717) is 11.4 Å². The van der Waals surface area contributed by atoms with E-state index < -0.39 is 12.0 Å². The first kappa shape index (κ1) is 21.1. The molecule has 3 aromatic carbocycles. The molecule has 0 radical (unpaired) electrons. The van der Waals surface area contributed by atoms with Crippen LogP contribution in [0, 0.1) is 0 Å². The van der Waals surface area contributed by atoms with Gasteiger partial charge in [0.2, 0.25) is 5.91 Å². The summed E-state index contributed by atoms with van der Waals surface area (Å²) < 4.78 is 7.05. The number of carbonyl (C=O) groups is 2. The van der Waals surface area contributed by atoms with Gasteiger partial charge in [0.05, 0.1) is 43.4 Å². The van der Waals surface area contributed by atoms with E-state index in [0.717, 1.165) is 22.2 Å². The Hall–Kier alpha value is -4.13. The van der Waals surface area contributed by atoms with Crippen LogP contribution in [0.2, 0.25) is 0 Å². The van der Waals surface area contributed by atoms with Crippen molar-refractivity contribution in [2.45, 2.75) is 18.9 Å². The van der Waals surface area contributed by atoms with Gasteiger partial charge in [0, 0.05) is 5.69 Å². The molecule has 0 bridgehead atoms. The van der Waals surface area contributed by atoms with E-state index in [1.807, 2.05) is 71.3 Å². The van der Waals surface area contributed by atoms with E-state index in [4.69, 9.17) is 4.74 Å². The summed E-state index contributed by atoms with van der Waals surface area (Å²) in [5.41, 5.74) is 3.82. The Morgan fingerprint density at radius 1 is 1.06 bits per heavy atom. The number of fused-ring (bicyclic) bond motifs is 1. The average molecular weight is 429 g/mol. The number of imidazole rings is 1. The maximum Gasteiger partial charge on any atom is 0.305 e. The molecule has 4 rings (SSSR count). The van der Waals surface area contributed by atoms with Gasteiger partial charge in [-0.1, -0.05) is 42.5 Å². The van der Waals surface area contributed by atoms with Crippen LogP contribution in [0.3, 0.4) is 0 Å². The summed E-state index contributed by atoms with van der Waals surface area (Å²) in [6.07, 6.45) is 1.77. The second-order valence-electron chi connectivity index (χ2n) is 7.46. The first-order valence-corrected chi connectivity index (χ1v) is 10.2. The maximum absolute atomic E-state index is 12.6. The topological polar surface area (TPSA) is 93.5 Å². The highest BCUT2D eigenvalue weighted by Crippen LogP contribution is 2.28. The monoisotopic (exact) mass is 429 g/mol. The number of aliphatic carboxylic acids is 1. The third-order valence-corrected chi connectivity index (χ3v) is 5.25.